The molecular weight excluding hydrogens is 319 g/mol. The summed E-state index contributed by atoms with van der Waals surface area (Å²) in [4.78, 5) is 27.0. The highest BCUT2D eigenvalue weighted by atomic mass is 19.1. The fourth-order valence-electron chi connectivity index (χ4n) is 3.90. The highest BCUT2D eigenvalue weighted by Gasteiger charge is 2.35. The third-order valence-corrected chi connectivity index (χ3v) is 5.25. The van der Waals surface area contributed by atoms with Crippen molar-refractivity contribution >= 4 is 11.8 Å². The molecule has 1 N–H and O–H groups in total. The molecule has 1 fully saturated rings. The minimum absolute atomic E-state index is 0.0199. The standard InChI is InChI=1S/C20H27FN2O2/c1-20(2,3)19(25)23-11-5-6-13(12-23)18(24)22-17-10-9-14-15(17)7-4-8-16(14)21/h4,7-8,13,17H,5-6,9-12H2,1-3H3,(H,22,24)/t13-,17+/m1/s1. The zero-order valence-electron chi connectivity index (χ0n) is 15.3. The van der Waals surface area contributed by atoms with Gasteiger partial charge >= 0.3 is 0 Å². The van der Waals surface area contributed by atoms with Crippen LogP contribution in [0.5, 0.6) is 0 Å². The summed E-state index contributed by atoms with van der Waals surface area (Å²) in [5.74, 6) is -0.293. The first-order chi connectivity index (χ1) is 11.8. The van der Waals surface area contributed by atoms with Crippen LogP contribution in [-0.2, 0) is 16.0 Å². The highest BCUT2D eigenvalue weighted by Crippen LogP contribution is 2.33. The summed E-state index contributed by atoms with van der Waals surface area (Å²) < 4.78 is 13.9. The Hall–Kier alpha value is -1.91. The van der Waals surface area contributed by atoms with E-state index >= 15 is 0 Å². The Kier molecular flexibility index (Phi) is 4.85. The minimum atomic E-state index is -0.430. The molecule has 1 heterocycles. The van der Waals surface area contributed by atoms with Gasteiger partial charge in [-0.15, -0.1) is 0 Å². The normalized spacial score (nSPS) is 23.3. The lowest BCUT2D eigenvalue weighted by Crippen LogP contribution is -2.49. The van der Waals surface area contributed by atoms with Crippen molar-refractivity contribution in [1.29, 1.82) is 0 Å². The smallest absolute Gasteiger partial charge is 0.227 e. The van der Waals surface area contributed by atoms with E-state index < -0.39 is 5.41 Å². The monoisotopic (exact) mass is 346 g/mol. The summed E-state index contributed by atoms with van der Waals surface area (Å²) in [6, 6.07) is 4.95. The Morgan fingerprint density at radius 1 is 1.24 bits per heavy atom. The molecular formula is C20H27FN2O2. The van der Waals surface area contributed by atoms with Gasteiger partial charge in [0.15, 0.2) is 0 Å². The minimum Gasteiger partial charge on any atom is -0.349 e. The number of carbonyl (C=O) groups excluding carboxylic acids is 2. The molecule has 2 aliphatic rings. The predicted octanol–water partition coefficient (Wildman–Crippen LogP) is 3.21. The number of piperidine rings is 1. The van der Waals surface area contributed by atoms with Crippen molar-refractivity contribution in [3.8, 4) is 0 Å². The van der Waals surface area contributed by atoms with Gasteiger partial charge < -0.3 is 10.2 Å². The molecule has 1 aliphatic carbocycles. The first-order valence-electron chi connectivity index (χ1n) is 9.14. The molecule has 0 saturated carbocycles. The molecule has 2 atom stereocenters. The molecule has 1 aromatic carbocycles. The summed E-state index contributed by atoms with van der Waals surface area (Å²) in [5.41, 5.74) is 1.19. The van der Waals surface area contributed by atoms with E-state index in [4.69, 9.17) is 0 Å². The third kappa shape index (κ3) is 3.70. The van der Waals surface area contributed by atoms with Crippen LogP contribution in [0, 0.1) is 17.2 Å². The van der Waals surface area contributed by atoms with Gasteiger partial charge in [-0.3, -0.25) is 9.59 Å². The van der Waals surface area contributed by atoms with Crippen molar-refractivity contribution in [2.24, 2.45) is 11.3 Å². The number of benzene rings is 1. The first-order valence-corrected chi connectivity index (χ1v) is 9.14. The second kappa shape index (κ2) is 6.77. The molecule has 5 heteroatoms. The van der Waals surface area contributed by atoms with E-state index in [1.165, 1.54) is 6.07 Å². The maximum atomic E-state index is 13.9. The maximum Gasteiger partial charge on any atom is 0.227 e. The van der Waals surface area contributed by atoms with Crippen molar-refractivity contribution in [2.45, 2.75) is 52.5 Å². The molecule has 136 valence electrons. The molecule has 0 aromatic heterocycles. The Balaban J connectivity index is 1.65. The van der Waals surface area contributed by atoms with Gasteiger partial charge in [0.1, 0.15) is 5.82 Å². The molecule has 4 nitrogen and oxygen atoms in total. The molecule has 3 rings (SSSR count). The molecule has 1 aromatic rings. The number of likely N-dealkylation sites (tertiary alicyclic amines) is 1. The lowest BCUT2D eigenvalue weighted by Gasteiger charge is -2.36. The Morgan fingerprint density at radius 3 is 2.72 bits per heavy atom. The van der Waals surface area contributed by atoms with E-state index in [9.17, 15) is 14.0 Å². The summed E-state index contributed by atoms with van der Waals surface area (Å²) in [6.07, 6.45) is 3.03. The molecule has 0 unspecified atom stereocenters. The van der Waals surface area contributed by atoms with E-state index in [1.54, 1.807) is 6.07 Å². The van der Waals surface area contributed by atoms with E-state index in [1.807, 2.05) is 31.7 Å². The number of hydrogen-bond acceptors (Lipinski definition) is 2. The van der Waals surface area contributed by atoms with Crippen molar-refractivity contribution < 1.29 is 14.0 Å². The summed E-state index contributed by atoms with van der Waals surface area (Å²) in [5, 5.41) is 3.09. The van der Waals surface area contributed by atoms with Gasteiger partial charge in [0, 0.05) is 18.5 Å². The van der Waals surface area contributed by atoms with Gasteiger partial charge in [-0.25, -0.2) is 4.39 Å². The number of fused-ring (bicyclic) bond motifs is 1. The quantitative estimate of drug-likeness (QED) is 0.894. The van der Waals surface area contributed by atoms with Crippen LogP contribution < -0.4 is 5.32 Å². The van der Waals surface area contributed by atoms with E-state index in [0.717, 1.165) is 36.9 Å². The summed E-state index contributed by atoms with van der Waals surface area (Å²) >= 11 is 0. The largest absolute Gasteiger partial charge is 0.349 e. The van der Waals surface area contributed by atoms with Crippen molar-refractivity contribution in [2.75, 3.05) is 13.1 Å². The van der Waals surface area contributed by atoms with Crippen molar-refractivity contribution in [3.05, 3.63) is 35.1 Å². The zero-order chi connectivity index (χ0) is 18.2. The molecule has 1 aliphatic heterocycles. The average molecular weight is 346 g/mol. The van der Waals surface area contributed by atoms with Crippen LogP contribution >= 0.6 is 0 Å². The molecule has 2 amide bonds. The second-order valence-corrected chi connectivity index (χ2v) is 8.25. The number of carbonyl (C=O) groups is 2. The van der Waals surface area contributed by atoms with Crippen LogP contribution in [0.1, 0.15) is 57.2 Å². The fourth-order valence-corrected chi connectivity index (χ4v) is 3.90. The van der Waals surface area contributed by atoms with Gasteiger partial charge in [-0.2, -0.15) is 0 Å². The molecule has 0 spiro atoms. The number of hydrogen-bond donors (Lipinski definition) is 1. The van der Waals surface area contributed by atoms with Crippen LogP contribution in [0.4, 0.5) is 4.39 Å². The number of nitrogens with zero attached hydrogens (tertiary/aromatic N) is 1. The first kappa shape index (κ1) is 17.9. The Bertz CT molecular complexity index is 681. The predicted molar refractivity (Wildman–Crippen MR) is 94.4 cm³/mol. The molecule has 0 radical (unpaired) electrons. The lowest BCUT2D eigenvalue weighted by atomic mass is 9.90. The van der Waals surface area contributed by atoms with E-state index in [-0.39, 0.29) is 29.6 Å². The van der Waals surface area contributed by atoms with Gasteiger partial charge in [-0.05, 0) is 42.9 Å². The zero-order valence-corrected chi connectivity index (χ0v) is 15.3. The second-order valence-electron chi connectivity index (χ2n) is 8.25. The van der Waals surface area contributed by atoms with Gasteiger partial charge in [0.2, 0.25) is 11.8 Å². The number of rotatable bonds is 2. The topological polar surface area (TPSA) is 49.4 Å². The summed E-state index contributed by atoms with van der Waals surface area (Å²) in [7, 11) is 0. The van der Waals surface area contributed by atoms with Crippen molar-refractivity contribution in [3.63, 3.8) is 0 Å². The van der Waals surface area contributed by atoms with Crippen LogP contribution in [0.3, 0.4) is 0 Å². The third-order valence-electron chi connectivity index (χ3n) is 5.25. The van der Waals surface area contributed by atoms with E-state index in [2.05, 4.69) is 5.32 Å². The number of halogens is 1. The molecule has 1 saturated heterocycles. The molecule has 0 bridgehead atoms. The molecule has 25 heavy (non-hydrogen) atoms. The van der Waals surface area contributed by atoms with Gasteiger partial charge in [-0.1, -0.05) is 32.9 Å². The van der Waals surface area contributed by atoms with E-state index in [0.29, 0.717) is 13.0 Å². The van der Waals surface area contributed by atoms with Crippen LogP contribution in [0.2, 0.25) is 0 Å². The highest BCUT2D eigenvalue weighted by molar-refractivity contribution is 5.84. The number of nitrogens with one attached hydrogen (secondary N) is 1. The Labute approximate surface area is 148 Å². The van der Waals surface area contributed by atoms with Crippen LogP contribution in [0.15, 0.2) is 18.2 Å². The average Bonchev–Trinajstić information content (AvgIpc) is 2.98. The maximum absolute atomic E-state index is 13.9. The number of amides is 2. The van der Waals surface area contributed by atoms with Crippen molar-refractivity contribution in [1.82, 2.24) is 10.2 Å². The SMILES string of the molecule is CC(C)(C)C(=O)N1CCC[C@@H](C(=O)N[C@H]2CCc3c(F)cccc32)C1. The van der Waals surface area contributed by atoms with Crippen LogP contribution in [-0.4, -0.2) is 29.8 Å². The lowest BCUT2D eigenvalue weighted by molar-refractivity contribution is -0.142. The van der Waals surface area contributed by atoms with Crippen LogP contribution in [0.25, 0.3) is 0 Å². The summed E-state index contributed by atoms with van der Waals surface area (Å²) in [6.45, 7) is 6.91. The van der Waals surface area contributed by atoms with Gasteiger partial charge in [0.05, 0.1) is 12.0 Å². The van der Waals surface area contributed by atoms with Gasteiger partial charge in [0.25, 0.3) is 0 Å². The Morgan fingerprint density at radius 2 is 2.00 bits per heavy atom. The fraction of sp³-hybridized carbons (Fsp3) is 0.600.